The minimum atomic E-state index is -0.634. The van der Waals surface area contributed by atoms with Gasteiger partial charge in [-0.1, -0.05) is 47.8 Å². The lowest BCUT2D eigenvalue weighted by Crippen LogP contribution is -2.50. The monoisotopic (exact) mass is 456 g/mol. The van der Waals surface area contributed by atoms with E-state index in [0.717, 1.165) is 5.56 Å². The highest BCUT2D eigenvalue weighted by molar-refractivity contribution is 6.42. The molecule has 0 bridgehead atoms. The summed E-state index contributed by atoms with van der Waals surface area (Å²) in [7, 11) is 0. The van der Waals surface area contributed by atoms with Gasteiger partial charge in [-0.25, -0.2) is 0 Å². The number of halogens is 3. The molecule has 1 atom stereocenters. The van der Waals surface area contributed by atoms with Gasteiger partial charge in [-0.2, -0.15) is 0 Å². The molecule has 156 valence electrons. The van der Waals surface area contributed by atoms with E-state index in [9.17, 15) is 9.59 Å². The van der Waals surface area contributed by atoms with E-state index in [4.69, 9.17) is 39.5 Å². The minimum Gasteiger partial charge on any atom is -0.484 e. The quantitative estimate of drug-likeness (QED) is 0.578. The fourth-order valence-corrected chi connectivity index (χ4v) is 3.25. The summed E-state index contributed by atoms with van der Waals surface area (Å²) >= 11 is 18.0. The van der Waals surface area contributed by atoms with Crippen molar-refractivity contribution in [1.82, 2.24) is 10.2 Å². The average Bonchev–Trinajstić information content (AvgIpc) is 2.70. The summed E-state index contributed by atoms with van der Waals surface area (Å²) < 4.78 is 5.59. The number of ether oxygens (including phenoxy) is 1. The second kappa shape index (κ2) is 11.3. The van der Waals surface area contributed by atoms with Gasteiger partial charge in [0.2, 0.25) is 5.91 Å². The molecule has 0 aliphatic rings. The van der Waals surface area contributed by atoms with Crippen molar-refractivity contribution in [3.05, 3.63) is 63.1 Å². The van der Waals surface area contributed by atoms with E-state index in [0.29, 0.717) is 33.8 Å². The summed E-state index contributed by atoms with van der Waals surface area (Å²) in [6.07, 6.45) is 0.458. The van der Waals surface area contributed by atoms with Crippen LogP contribution in [0, 0.1) is 0 Å². The van der Waals surface area contributed by atoms with Crippen LogP contribution in [-0.2, 0) is 16.1 Å². The number of carbonyl (C=O) groups is 2. The Bertz CT molecular complexity index is 844. The third kappa shape index (κ3) is 6.81. The highest BCUT2D eigenvalue weighted by Gasteiger charge is 2.28. The molecule has 0 unspecified atom stereocenters. The number of likely N-dealkylation sites (N-methyl/N-ethyl adjacent to an activating group) is 1. The summed E-state index contributed by atoms with van der Waals surface area (Å²) in [4.78, 5) is 27.0. The molecule has 0 heterocycles. The molecule has 0 aromatic heterocycles. The molecule has 0 saturated carbocycles. The van der Waals surface area contributed by atoms with Crippen LogP contribution in [0.3, 0.4) is 0 Å². The number of hydrogen-bond acceptors (Lipinski definition) is 3. The fraction of sp³-hybridized carbons (Fsp3) is 0.333. The maximum atomic E-state index is 13.0. The first kappa shape index (κ1) is 23.3. The fourth-order valence-electron chi connectivity index (χ4n) is 2.81. The number of amides is 2. The van der Waals surface area contributed by atoms with E-state index in [1.165, 1.54) is 4.90 Å². The van der Waals surface area contributed by atoms with Crippen molar-refractivity contribution in [3.8, 4) is 5.75 Å². The number of nitrogens with zero attached hydrogens (tertiary/aromatic N) is 1. The van der Waals surface area contributed by atoms with Crippen molar-refractivity contribution in [2.75, 3.05) is 13.2 Å². The average molecular weight is 458 g/mol. The highest BCUT2D eigenvalue weighted by atomic mass is 35.5. The Morgan fingerprint density at radius 2 is 1.72 bits per heavy atom. The van der Waals surface area contributed by atoms with Gasteiger partial charge in [0, 0.05) is 18.1 Å². The molecular weight excluding hydrogens is 435 g/mol. The van der Waals surface area contributed by atoms with Crippen molar-refractivity contribution < 1.29 is 14.3 Å². The molecule has 0 aliphatic heterocycles. The first-order valence-electron chi connectivity index (χ1n) is 9.25. The standard InChI is InChI=1S/C21H23Cl3N2O3/c1-3-19(21(28)25-4-2)26(12-14-5-10-17(23)18(24)11-14)20(27)13-29-16-8-6-15(22)7-9-16/h5-11,19H,3-4,12-13H2,1-2H3,(H,25,28)/t19-/m1/s1. The zero-order valence-corrected chi connectivity index (χ0v) is 18.5. The molecule has 2 rings (SSSR count). The van der Waals surface area contributed by atoms with Gasteiger partial charge in [-0.3, -0.25) is 9.59 Å². The van der Waals surface area contributed by atoms with E-state index < -0.39 is 6.04 Å². The zero-order chi connectivity index (χ0) is 21.4. The van der Waals surface area contributed by atoms with Crippen LogP contribution in [0.25, 0.3) is 0 Å². The van der Waals surface area contributed by atoms with Crippen molar-refractivity contribution in [2.45, 2.75) is 32.9 Å². The normalized spacial score (nSPS) is 11.6. The van der Waals surface area contributed by atoms with Crippen LogP contribution in [0.15, 0.2) is 42.5 Å². The lowest BCUT2D eigenvalue weighted by molar-refractivity contribution is -0.142. The molecule has 5 nitrogen and oxygen atoms in total. The largest absolute Gasteiger partial charge is 0.484 e. The van der Waals surface area contributed by atoms with E-state index in [1.807, 2.05) is 13.8 Å². The topological polar surface area (TPSA) is 58.6 Å². The van der Waals surface area contributed by atoms with E-state index in [-0.39, 0.29) is 25.0 Å². The van der Waals surface area contributed by atoms with Gasteiger partial charge in [-0.15, -0.1) is 0 Å². The Balaban J connectivity index is 2.21. The Morgan fingerprint density at radius 1 is 1.03 bits per heavy atom. The summed E-state index contributed by atoms with van der Waals surface area (Å²) in [5, 5.41) is 4.17. The number of hydrogen-bond donors (Lipinski definition) is 1. The van der Waals surface area contributed by atoms with Crippen molar-refractivity contribution in [3.63, 3.8) is 0 Å². The molecule has 0 fully saturated rings. The van der Waals surface area contributed by atoms with E-state index in [1.54, 1.807) is 42.5 Å². The maximum Gasteiger partial charge on any atom is 0.261 e. The predicted octanol–water partition coefficient (Wildman–Crippen LogP) is 4.97. The van der Waals surface area contributed by atoms with E-state index >= 15 is 0 Å². The van der Waals surface area contributed by atoms with Gasteiger partial charge < -0.3 is 15.0 Å². The zero-order valence-electron chi connectivity index (χ0n) is 16.3. The Morgan fingerprint density at radius 3 is 2.31 bits per heavy atom. The molecule has 2 amide bonds. The van der Waals surface area contributed by atoms with Crippen LogP contribution in [0.2, 0.25) is 15.1 Å². The summed E-state index contributed by atoms with van der Waals surface area (Å²) in [5.74, 6) is -0.0117. The molecule has 0 radical (unpaired) electrons. The molecule has 1 N–H and O–H groups in total. The summed E-state index contributed by atoms with van der Waals surface area (Å²) in [6.45, 7) is 4.16. The van der Waals surface area contributed by atoms with E-state index in [2.05, 4.69) is 5.32 Å². The van der Waals surface area contributed by atoms with Crippen LogP contribution < -0.4 is 10.1 Å². The van der Waals surface area contributed by atoms with Crippen molar-refractivity contribution >= 4 is 46.6 Å². The Hall–Kier alpha value is -1.95. The lowest BCUT2D eigenvalue weighted by Gasteiger charge is -2.30. The van der Waals surface area contributed by atoms with Crippen LogP contribution in [-0.4, -0.2) is 35.9 Å². The predicted molar refractivity (Wildman–Crippen MR) is 117 cm³/mol. The molecule has 0 spiro atoms. The highest BCUT2D eigenvalue weighted by Crippen LogP contribution is 2.24. The molecule has 29 heavy (non-hydrogen) atoms. The van der Waals surface area contributed by atoms with Gasteiger partial charge in [0.15, 0.2) is 6.61 Å². The van der Waals surface area contributed by atoms with Gasteiger partial charge in [0.1, 0.15) is 11.8 Å². The van der Waals surface area contributed by atoms with Crippen molar-refractivity contribution in [1.29, 1.82) is 0 Å². The second-order valence-corrected chi connectivity index (χ2v) is 7.58. The third-order valence-corrected chi connectivity index (χ3v) is 5.24. The van der Waals surface area contributed by atoms with Gasteiger partial charge in [-0.05, 0) is 55.3 Å². The number of carbonyl (C=O) groups excluding carboxylic acids is 2. The maximum absolute atomic E-state index is 13.0. The van der Waals surface area contributed by atoms with Gasteiger partial charge in [0.25, 0.3) is 5.91 Å². The summed E-state index contributed by atoms with van der Waals surface area (Å²) in [6, 6.07) is 11.2. The summed E-state index contributed by atoms with van der Waals surface area (Å²) in [5.41, 5.74) is 0.766. The smallest absolute Gasteiger partial charge is 0.261 e. The van der Waals surface area contributed by atoms with Crippen LogP contribution in [0.5, 0.6) is 5.75 Å². The lowest BCUT2D eigenvalue weighted by atomic mass is 10.1. The molecule has 0 saturated heterocycles. The third-order valence-electron chi connectivity index (χ3n) is 4.25. The van der Waals surface area contributed by atoms with Gasteiger partial charge in [0.05, 0.1) is 10.0 Å². The molecule has 2 aromatic rings. The number of benzene rings is 2. The molecular formula is C21H23Cl3N2O3. The minimum absolute atomic E-state index is 0.204. The Kier molecular flexibility index (Phi) is 9.08. The molecule has 2 aromatic carbocycles. The molecule has 8 heteroatoms. The second-order valence-electron chi connectivity index (χ2n) is 6.33. The first-order valence-corrected chi connectivity index (χ1v) is 10.4. The van der Waals surface area contributed by atoms with Crippen LogP contribution in [0.4, 0.5) is 0 Å². The first-order chi connectivity index (χ1) is 13.8. The van der Waals surface area contributed by atoms with Gasteiger partial charge >= 0.3 is 0 Å². The Labute approximate surface area is 185 Å². The number of rotatable bonds is 9. The molecule has 0 aliphatic carbocycles. The van der Waals surface area contributed by atoms with Crippen molar-refractivity contribution in [2.24, 2.45) is 0 Å². The SMILES string of the molecule is CCNC(=O)[C@@H](CC)N(Cc1ccc(Cl)c(Cl)c1)C(=O)COc1ccc(Cl)cc1. The number of nitrogens with one attached hydrogen (secondary N) is 1. The van der Waals surface area contributed by atoms with Crippen LogP contribution in [0.1, 0.15) is 25.8 Å². The van der Waals surface area contributed by atoms with Crippen LogP contribution >= 0.6 is 34.8 Å².